The quantitative estimate of drug-likeness (QED) is 0.785. The molecule has 0 fully saturated rings. The van der Waals surface area contributed by atoms with Crippen molar-refractivity contribution in [3.05, 3.63) is 28.9 Å². The topological polar surface area (TPSA) is 53.9 Å². The smallest absolute Gasteiger partial charge is 0.260 e. The van der Waals surface area contributed by atoms with E-state index in [0.29, 0.717) is 5.39 Å². The van der Waals surface area contributed by atoms with Gasteiger partial charge in [-0.05, 0) is 20.2 Å². The fourth-order valence-electron chi connectivity index (χ4n) is 1.50. The second kappa shape index (κ2) is 3.86. The number of aromatic amines is 1. The van der Waals surface area contributed by atoms with Crippen molar-refractivity contribution in [3.63, 3.8) is 0 Å². The van der Waals surface area contributed by atoms with Crippen molar-refractivity contribution >= 4 is 11.0 Å². The van der Waals surface area contributed by atoms with Crippen LogP contribution in [0.25, 0.3) is 11.0 Å². The Bertz CT molecular complexity index is 511. The Labute approximate surface area is 87.4 Å². The van der Waals surface area contributed by atoms with Gasteiger partial charge in [-0.2, -0.15) is 0 Å². The van der Waals surface area contributed by atoms with Gasteiger partial charge in [-0.25, -0.2) is 4.98 Å². The molecule has 0 saturated carbocycles. The van der Waals surface area contributed by atoms with E-state index in [2.05, 4.69) is 14.9 Å². The molecule has 0 spiro atoms. The van der Waals surface area contributed by atoms with E-state index in [-0.39, 0.29) is 5.56 Å². The van der Waals surface area contributed by atoms with E-state index in [1.807, 2.05) is 24.9 Å². The molecule has 2 heterocycles. The van der Waals surface area contributed by atoms with E-state index in [4.69, 9.17) is 0 Å². The number of hydrogen-bond acceptors (Lipinski definition) is 3. The zero-order valence-corrected chi connectivity index (χ0v) is 8.90. The number of fused-ring (bicyclic) bond motifs is 1. The van der Waals surface area contributed by atoms with Gasteiger partial charge in [-0.3, -0.25) is 4.79 Å². The molecule has 0 unspecified atom stereocenters. The summed E-state index contributed by atoms with van der Waals surface area (Å²) in [5.74, 6) is 0. The summed E-state index contributed by atoms with van der Waals surface area (Å²) in [6.07, 6.45) is 3.34. The fraction of sp³-hybridized carbons (Fsp3) is 0.400. The summed E-state index contributed by atoms with van der Waals surface area (Å²) in [5, 5.41) is 0.649. The Morgan fingerprint density at radius 1 is 1.53 bits per heavy atom. The second-order valence-electron chi connectivity index (χ2n) is 3.78. The van der Waals surface area contributed by atoms with Gasteiger partial charge in [0, 0.05) is 19.3 Å². The van der Waals surface area contributed by atoms with Crippen LogP contribution >= 0.6 is 0 Å². The van der Waals surface area contributed by atoms with Crippen molar-refractivity contribution in [2.75, 3.05) is 20.6 Å². The number of rotatable bonds is 3. The summed E-state index contributed by atoms with van der Waals surface area (Å²) in [5.41, 5.74) is 0.671. The lowest BCUT2D eigenvalue weighted by atomic mass is 10.4. The summed E-state index contributed by atoms with van der Waals surface area (Å²) >= 11 is 0. The minimum Gasteiger partial charge on any atom is -0.331 e. The van der Waals surface area contributed by atoms with Gasteiger partial charge >= 0.3 is 0 Å². The maximum absolute atomic E-state index is 11.4. The van der Waals surface area contributed by atoms with Crippen molar-refractivity contribution in [1.29, 1.82) is 0 Å². The highest BCUT2D eigenvalue weighted by molar-refractivity contribution is 5.74. The molecule has 0 radical (unpaired) electrons. The second-order valence-corrected chi connectivity index (χ2v) is 3.78. The molecule has 15 heavy (non-hydrogen) atoms. The molecule has 2 aromatic heterocycles. The predicted molar refractivity (Wildman–Crippen MR) is 58.9 cm³/mol. The average Bonchev–Trinajstić information content (AvgIpc) is 2.59. The lowest BCUT2D eigenvalue weighted by molar-refractivity contribution is 0.386. The average molecular weight is 206 g/mol. The van der Waals surface area contributed by atoms with Crippen LogP contribution in [-0.2, 0) is 6.54 Å². The first-order valence-electron chi connectivity index (χ1n) is 4.86. The first-order chi connectivity index (χ1) is 7.18. The minimum atomic E-state index is -0.0800. The zero-order valence-electron chi connectivity index (χ0n) is 8.90. The van der Waals surface area contributed by atoms with Gasteiger partial charge in [0.2, 0.25) is 0 Å². The number of nitrogens with zero attached hydrogens (tertiary/aromatic N) is 3. The molecular formula is C10H14N4O. The van der Waals surface area contributed by atoms with Crippen molar-refractivity contribution < 1.29 is 0 Å². The van der Waals surface area contributed by atoms with Gasteiger partial charge in [0.25, 0.3) is 5.56 Å². The number of likely N-dealkylation sites (N-methyl/N-ethyl adjacent to an activating group) is 1. The molecule has 2 rings (SSSR count). The Hall–Kier alpha value is -1.62. The van der Waals surface area contributed by atoms with Crippen LogP contribution in [0.3, 0.4) is 0 Å². The maximum Gasteiger partial charge on any atom is 0.260 e. The molecule has 0 aromatic carbocycles. The van der Waals surface area contributed by atoms with Crippen LogP contribution in [-0.4, -0.2) is 40.1 Å². The van der Waals surface area contributed by atoms with Crippen LogP contribution in [0.4, 0.5) is 0 Å². The largest absolute Gasteiger partial charge is 0.331 e. The highest BCUT2D eigenvalue weighted by Gasteiger charge is 2.04. The van der Waals surface area contributed by atoms with E-state index < -0.39 is 0 Å². The number of H-pyrrole nitrogens is 1. The number of nitrogens with one attached hydrogen (secondary N) is 1. The third-order valence-corrected chi connectivity index (χ3v) is 2.35. The molecule has 5 heteroatoms. The van der Waals surface area contributed by atoms with E-state index >= 15 is 0 Å². The minimum absolute atomic E-state index is 0.0800. The van der Waals surface area contributed by atoms with Gasteiger partial charge < -0.3 is 14.5 Å². The van der Waals surface area contributed by atoms with Crippen LogP contribution in [0.2, 0.25) is 0 Å². The van der Waals surface area contributed by atoms with Crippen molar-refractivity contribution in [2.24, 2.45) is 0 Å². The standard InChI is InChI=1S/C10H14N4O/c1-13(2)5-6-14-4-3-8-9(14)11-7-12-10(8)15/h3-4,7H,5-6H2,1-2H3,(H,11,12,15). The highest BCUT2D eigenvalue weighted by atomic mass is 16.1. The van der Waals surface area contributed by atoms with Crippen LogP contribution in [0, 0.1) is 0 Å². The maximum atomic E-state index is 11.4. The van der Waals surface area contributed by atoms with Gasteiger partial charge in [0.1, 0.15) is 5.65 Å². The van der Waals surface area contributed by atoms with E-state index in [9.17, 15) is 4.79 Å². The van der Waals surface area contributed by atoms with Crippen LogP contribution in [0.1, 0.15) is 0 Å². The Balaban J connectivity index is 2.37. The van der Waals surface area contributed by atoms with Gasteiger partial charge in [0.15, 0.2) is 0 Å². The van der Waals surface area contributed by atoms with Crippen LogP contribution in [0.5, 0.6) is 0 Å². The van der Waals surface area contributed by atoms with Crippen molar-refractivity contribution in [2.45, 2.75) is 6.54 Å². The number of hydrogen-bond donors (Lipinski definition) is 1. The van der Waals surface area contributed by atoms with E-state index in [1.165, 1.54) is 6.33 Å². The van der Waals surface area contributed by atoms with Gasteiger partial charge in [-0.1, -0.05) is 0 Å². The molecule has 0 saturated heterocycles. The van der Waals surface area contributed by atoms with Gasteiger partial charge in [-0.15, -0.1) is 0 Å². The van der Waals surface area contributed by atoms with Crippen molar-refractivity contribution in [1.82, 2.24) is 19.4 Å². The monoisotopic (exact) mass is 206 g/mol. The van der Waals surface area contributed by atoms with E-state index in [0.717, 1.165) is 18.7 Å². The molecule has 0 aliphatic rings. The van der Waals surface area contributed by atoms with E-state index in [1.54, 1.807) is 6.07 Å². The summed E-state index contributed by atoms with van der Waals surface area (Å²) < 4.78 is 1.99. The molecule has 0 aliphatic heterocycles. The third-order valence-electron chi connectivity index (χ3n) is 2.35. The molecule has 0 amide bonds. The molecular weight excluding hydrogens is 192 g/mol. The molecule has 2 aromatic rings. The third kappa shape index (κ3) is 1.92. The van der Waals surface area contributed by atoms with Crippen molar-refractivity contribution in [3.8, 4) is 0 Å². The first kappa shape index (κ1) is 9.92. The molecule has 1 N–H and O–H groups in total. The molecule has 0 atom stereocenters. The first-order valence-corrected chi connectivity index (χ1v) is 4.86. The number of aromatic nitrogens is 3. The molecule has 0 bridgehead atoms. The summed E-state index contributed by atoms with van der Waals surface area (Å²) in [4.78, 5) is 20.2. The fourth-order valence-corrected chi connectivity index (χ4v) is 1.50. The van der Waals surface area contributed by atoms with Gasteiger partial charge in [0.05, 0.1) is 11.7 Å². The Morgan fingerprint density at radius 2 is 2.33 bits per heavy atom. The highest BCUT2D eigenvalue weighted by Crippen LogP contribution is 2.07. The molecule has 0 aliphatic carbocycles. The zero-order chi connectivity index (χ0) is 10.8. The Kier molecular flexibility index (Phi) is 2.55. The summed E-state index contributed by atoms with van der Waals surface area (Å²) in [6.45, 7) is 1.77. The van der Waals surface area contributed by atoms with Crippen LogP contribution < -0.4 is 5.56 Å². The Morgan fingerprint density at radius 3 is 3.07 bits per heavy atom. The SMILES string of the molecule is CN(C)CCn1ccc2c(=O)[nH]cnc21. The molecule has 80 valence electrons. The lowest BCUT2D eigenvalue weighted by Crippen LogP contribution is -2.18. The predicted octanol–water partition coefficient (Wildman–Crippen LogP) is 0.286. The summed E-state index contributed by atoms with van der Waals surface area (Å²) in [7, 11) is 4.04. The summed E-state index contributed by atoms with van der Waals surface area (Å²) in [6, 6.07) is 1.80. The molecule has 5 nitrogen and oxygen atoms in total. The lowest BCUT2D eigenvalue weighted by Gasteiger charge is -2.10. The normalized spacial score (nSPS) is 11.4. The van der Waals surface area contributed by atoms with Crippen LogP contribution in [0.15, 0.2) is 23.4 Å².